The molecule has 92 valence electrons. The highest BCUT2D eigenvalue weighted by molar-refractivity contribution is 5.94. The number of hydrazone groups is 1. The number of rotatable bonds is 4. The zero-order valence-corrected chi connectivity index (χ0v) is 10.6. The van der Waals surface area contributed by atoms with Gasteiger partial charge in [0.2, 0.25) is 5.90 Å². The summed E-state index contributed by atoms with van der Waals surface area (Å²) in [5.74, 6) is 5.11. The number of carbonyl (C=O) groups is 1. The average Bonchev–Trinajstić information content (AvgIpc) is 2.16. The number of ether oxygens (including phenoxy) is 1. The van der Waals surface area contributed by atoms with Crippen LogP contribution in [-0.2, 0) is 9.53 Å². The Labute approximate surface area is 96.7 Å². The Hall–Kier alpha value is -1.52. The summed E-state index contributed by atoms with van der Waals surface area (Å²) in [6, 6.07) is 0. The fourth-order valence-electron chi connectivity index (χ4n) is 0.758. The van der Waals surface area contributed by atoms with Gasteiger partial charge in [-0.15, -0.1) is 5.10 Å². The van der Waals surface area contributed by atoms with Crippen LogP contribution in [0.25, 0.3) is 0 Å². The predicted octanol–water partition coefficient (Wildman–Crippen LogP) is 1.36. The highest BCUT2D eigenvalue weighted by Gasteiger charge is 2.25. The lowest BCUT2D eigenvalue weighted by molar-refractivity contribution is -0.121. The van der Waals surface area contributed by atoms with Gasteiger partial charge in [-0.1, -0.05) is 20.4 Å². The molecule has 0 saturated carbocycles. The quantitative estimate of drug-likeness (QED) is 0.190. The van der Waals surface area contributed by atoms with E-state index in [4.69, 9.17) is 10.6 Å². The van der Waals surface area contributed by atoms with Crippen LogP contribution in [0.3, 0.4) is 0 Å². The molecule has 0 saturated heterocycles. The van der Waals surface area contributed by atoms with E-state index in [1.165, 1.54) is 0 Å². The number of nitrogens with one attached hydrogen (secondary N) is 1. The lowest BCUT2D eigenvalue weighted by Crippen LogP contribution is -2.48. The van der Waals surface area contributed by atoms with Crippen molar-refractivity contribution in [3.63, 3.8) is 0 Å². The van der Waals surface area contributed by atoms with Crippen LogP contribution in [0.5, 0.6) is 0 Å². The molecule has 0 heterocycles. The summed E-state index contributed by atoms with van der Waals surface area (Å²) in [5, 5.41) is 6.12. The number of nitrogens with two attached hydrogens (primary N) is 1. The first-order valence-corrected chi connectivity index (χ1v) is 5.14. The summed E-state index contributed by atoms with van der Waals surface area (Å²) in [4.78, 5) is 11.7. The third-order valence-corrected chi connectivity index (χ3v) is 2.59. The Kier molecular flexibility index (Phi) is 5.01. The van der Waals surface area contributed by atoms with Gasteiger partial charge in [0, 0.05) is 12.5 Å². The van der Waals surface area contributed by atoms with Gasteiger partial charge in [-0.3, -0.25) is 4.79 Å². The summed E-state index contributed by atoms with van der Waals surface area (Å²) < 4.78 is 5.01. The van der Waals surface area contributed by atoms with Crippen LogP contribution in [0.1, 0.15) is 34.6 Å². The number of carbonyl (C=O) groups excluding carboxylic acids is 1. The van der Waals surface area contributed by atoms with E-state index < -0.39 is 0 Å². The summed E-state index contributed by atoms with van der Waals surface area (Å²) in [5.41, 5.74) is -0.322. The van der Waals surface area contributed by atoms with Crippen LogP contribution in [0.2, 0.25) is 0 Å². The zero-order chi connectivity index (χ0) is 12.9. The SMILES string of the molecule is C=C(O/C(C)=N\N)C(=O)NC(C)(C)C(C)C. The Morgan fingerprint density at radius 1 is 1.50 bits per heavy atom. The van der Waals surface area contributed by atoms with E-state index in [9.17, 15) is 4.79 Å². The van der Waals surface area contributed by atoms with E-state index in [1.807, 2.05) is 27.7 Å². The maximum absolute atomic E-state index is 11.7. The third kappa shape index (κ3) is 4.33. The van der Waals surface area contributed by atoms with Gasteiger partial charge in [0.25, 0.3) is 5.91 Å². The minimum Gasteiger partial charge on any atom is -0.437 e. The van der Waals surface area contributed by atoms with E-state index in [2.05, 4.69) is 17.0 Å². The number of hydrogen-bond acceptors (Lipinski definition) is 4. The van der Waals surface area contributed by atoms with Crippen molar-refractivity contribution in [1.29, 1.82) is 0 Å². The summed E-state index contributed by atoms with van der Waals surface area (Å²) in [7, 11) is 0. The highest BCUT2D eigenvalue weighted by atomic mass is 16.5. The van der Waals surface area contributed by atoms with Gasteiger partial charge in [-0.05, 0) is 19.8 Å². The standard InChI is InChI=1S/C11H21N3O2/c1-7(2)11(5,6)13-10(15)8(3)16-9(4)14-12/h7H,3,12H2,1-2,4-6H3,(H,13,15)/b14-9-. The van der Waals surface area contributed by atoms with Crippen LogP contribution in [0.15, 0.2) is 17.4 Å². The topological polar surface area (TPSA) is 76.7 Å². The maximum Gasteiger partial charge on any atom is 0.286 e. The van der Waals surface area contributed by atoms with Gasteiger partial charge >= 0.3 is 0 Å². The normalized spacial score (nSPS) is 12.5. The second kappa shape index (κ2) is 5.53. The predicted molar refractivity (Wildman–Crippen MR) is 64.6 cm³/mol. The fourth-order valence-corrected chi connectivity index (χ4v) is 0.758. The van der Waals surface area contributed by atoms with Crippen molar-refractivity contribution in [1.82, 2.24) is 5.32 Å². The van der Waals surface area contributed by atoms with Crippen LogP contribution < -0.4 is 11.2 Å². The smallest absolute Gasteiger partial charge is 0.286 e. The van der Waals surface area contributed by atoms with E-state index in [0.717, 1.165) is 0 Å². The second-order valence-electron chi connectivity index (χ2n) is 4.50. The molecule has 0 radical (unpaired) electrons. The highest BCUT2D eigenvalue weighted by Crippen LogP contribution is 2.15. The Morgan fingerprint density at radius 2 is 2.00 bits per heavy atom. The molecule has 0 aromatic carbocycles. The number of amides is 1. The molecule has 0 bridgehead atoms. The average molecular weight is 227 g/mol. The monoisotopic (exact) mass is 227 g/mol. The fraction of sp³-hybridized carbons (Fsp3) is 0.636. The first-order valence-electron chi connectivity index (χ1n) is 5.14. The lowest BCUT2D eigenvalue weighted by atomic mass is 9.91. The molecular formula is C11H21N3O2. The molecule has 0 aliphatic heterocycles. The van der Waals surface area contributed by atoms with Crippen LogP contribution in [-0.4, -0.2) is 17.3 Å². The molecule has 1 amide bonds. The molecule has 0 rings (SSSR count). The van der Waals surface area contributed by atoms with Crippen molar-refractivity contribution in [3.8, 4) is 0 Å². The first-order chi connectivity index (χ1) is 7.20. The molecule has 3 N–H and O–H groups in total. The molecule has 0 aliphatic carbocycles. The van der Waals surface area contributed by atoms with Crippen molar-refractivity contribution in [2.45, 2.75) is 40.2 Å². The summed E-state index contributed by atoms with van der Waals surface area (Å²) in [6.07, 6.45) is 0. The van der Waals surface area contributed by atoms with E-state index in [1.54, 1.807) is 6.92 Å². The third-order valence-electron chi connectivity index (χ3n) is 2.59. The molecular weight excluding hydrogens is 206 g/mol. The Balaban J connectivity index is 4.43. The van der Waals surface area contributed by atoms with Gasteiger partial charge in [0.05, 0.1) is 0 Å². The van der Waals surface area contributed by atoms with Crippen LogP contribution >= 0.6 is 0 Å². The van der Waals surface area contributed by atoms with Gasteiger partial charge in [0.15, 0.2) is 5.76 Å². The van der Waals surface area contributed by atoms with Gasteiger partial charge in [0.1, 0.15) is 0 Å². The number of nitrogens with zero attached hydrogens (tertiary/aromatic N) is 1. The van der Waals surface area contributed by atoms with E-state index in [-0.39, 0.29) is 23.1 Å². The lowest BCUT2D eigenvalue weighted by Gasteiger charge is -2.30. The van der Waals surface area contributed by atoms with E-state index >= 15 is 0 Å². The van der Waals surface area contributed by atoms with Crippen molar-refractivity contribution in [2.75, 3.05) is 0 Å². The second-order valence-corrected chi connectivity index (χ2v) is 4.50. The molecule has 0 atom stereocenters. The maximum atomic E-state index is 11.7. The zero-order valence-electron chi connectivity index (χ0n) is 10.6. The van der Waals surface area contributed by atoms with Gasteiger partial charge in [-0.2, -0.15) is 0 Å². The van der Waals surface area contributed by atoms with Gasteiger partial charge in [-0.25, -0.2) is 0 Å². The first kappa shape index (κ1) is 14.5. The molecule has 5 heteroatoms. The summed E-state index contributed by atoms with van der Waals surface area (Å²) >= 11 is 0. The minimum absolute atomic E-state index is 0.0135. The molecule has 0 unspecified atom stereocenters. The number of hydrogen-bond donors (Lipinski definition) is 2. The van der Waals surface area contributed by atoms with Gasteiger partial charge < -0.3 is 15.9 Å². The van der Waals surface area contributed by atoms with Crippen molar-refractivity contribution in [2.24, 2.45) is 16.9 Å². The van der Waals surface area contributed by atoms with Crippen molar-refractivity contribution >= 4 is 11.8 Å². The Morgan fingerprint density at radius 3 is 2.38 bits per heavy atom. The molecule has 0 spiro atoms. The molecule has 0 aliphatic rings. The van der Waals surface area contributed by atoms with Crippen molar-refractivity contribution in [3.05, 3.63) is 12.3 Å². The Bertz CT molecular complexity index is 306. The molecule has 5 nitrogen and oxygen atoms in total. The largest absolute Gasteiger partial charge is 0.437 e. The summed E-state index contributed by atoms with van der Waals surface area (Å²) in [6.45, 7) is 13.0. The molecule has 0 aromatic rings. The molecule has 0 fully saturated rings. The van der Waals surface area contributed by atoms with E-state index in [0.29, 0.717) is 5.92 Å². The van der Waals surface area contributed by atoms with Crippen molar-refractivity contribution < 1.29 is 9.53 Å². The minimum atomic E-state index is -0.360. The molecule has 16 heavy (non-hydrogen) atoms. The molecule has 0 aromatic heterocycles. The van der Waals surface area contributed by atoms with Crippen LogP contribution in [0.4, 0.5) is 0 Å². The van der Waals surface area contributed by atoms with Crippen LogP contribution in [0, 0.1) is 5.92 Å².